The maximum atomic E-state index is 15.3. The van der Waals surface area contributed by atoms with Crippen molar-refractivity contribution in [2.45, 2.75) is 166 Å². The highest BCUT2D eigenvalue weighted by Gasteiger charge is 2.28. The van der Waals surface area contributed by atoms with Crippen molar-refractivity contribution in [2.24, 2.45) is 11.8 Å². The summed E-state index contributed by atoms with van der Waals surface area (Å²) in [5, 5.41) is 19.1. The van der Waals surface area contributed by atoms with Gasteiger partial charge < -0.3 is 4.74 Å². The van der Waals surface area contributed by atoms with Gasteiger partial charge in [-0.2, -0.15) is 10.5 Å². The lowest BCUT2D eigenvalue weighted by Gasteiger charge is -2.30. The van der Waals surface area contributed by atoms with Crippen LogP contribution >= 0.6 is 0 Å². The summed E-state index contributed by atoms with van der Waals surface area (Å²) in [5.41, 5.74) is 5.46. The van der Waals surface area contributed by atoms with Gasteiger partial charge in [-0.3, -0.25) is 0 Å². The molecule has 0 heterocycles. The van der Waals surface area contributed by atoms with Crippen LogP contribution < -0.4 is 0 Å². The number of nitrogens with zero attached hydrogens (tertiary/aromatic N) is 2. The maximum Gasteiger partial charge on any atom is 0.141 e. The van der Waals surface area contributed by atoms with Gasteiger partial charge >= 0.3 is 0 Å². The molecule has 0 amide bonds. The van der Waals surface area contributed by atoms with Crippen molar-refractivity contribution in [2.75, 3.05) is 0 Å². The van der Waals surface area contributed by atoms with Crippen molar-refractivity contribution in [1.82, 2.24) is 0 Å². The minimum atomic E-state index is -0.713. The van der Waals surface area contributed by atoms with Crippen molar-refractivity contribution in [1.29, 1.82) is 10.5 Å². The second-order valence-electron chi connectivity index (χ2n) is 17.8. The van der Waals surface area contributed by atoms with E-state index in [1.165, 1.54) is 164 Å². The van der Waals surface area contributed by atoms with Crippen LogP contribution in [0.3, 0.4) is 0 Å². The van der Waals surface area contributed by atoms with Crippen molar-refractivity contribution in [3.63, 3.8) is 0 Å². The Hall–Kier alpha value is -4.32. The number of ether oxygens (including phenoxy) is 1. The van der Waals surface area contributed by atoms with E-state index in [0.717, 1.165) is 23.0 Å². The molecule has 2 fully saturated rings. The first-order valence-corrected chi connectivity index (χ1v) is 23.1. The van der Waals surface area contributed by atoms with Gasteiger partial charge in [0.05, 0.1) is 11.1 Å². The van der Waals surface area contributed by atoms with E-state index < -0.39 is 23.8 Å². The first-order chi connectivity index (χ1) is 28.9. The third-order valence-electron chi connectivity index (χ3n) is 13.7. The lowest BCUT2D eigenvalue weighted by atomic mass is 9.77. The molecule has 2 saturated carbocycles. The molecule has 0 N–H and O–H groups in total. The molecule has 2 aliphatic rings. The summed E-state index contributed by atoms with van der Waals surface area (Å²) in [7, 11) is 0. The van der Waals surface area contributed by atoms with E-state index in [0.29, 0.717) is 23.0 Å². The third kappa shape index (κ3) is 12.4. The van der Waals surface area contributed by atoms with Gasteiger partial charge in [0.1, 0.15) is 36.0 Å². The number of hydrogen-bond acceptors (Lipinski definition) is 3. The Balaban J connectivity index is 1.22. The van der Waals surface area contributed by atoms with Gasteiger partial charge in [-0.1, -0.05) is 152 Å². The average molecular weight is 797 g/mol. The predicted octanol–water partition coefficient (Wildman–Crippen LogP) is 15.9. The highest BCUT2D eigenvalue weighted by atomic mass is 19.1. The van der Waals surface area contributed by atoms with Gasteiger partial charge in [0.2, 0.25) is 0 Å². The zero-order valence-electron chi connectivity index (χ0n) is 35.7. The van der Waals surface area contributed by atoms with Crippen LogP contribution in [0.25, 0.3) is 0 Å². The Labute approximate surface area is 354 Å². The van der Waals surface area contributed by atoms with Crippen LogP contribution in [0.2, 0.25) is 0 Å². The molecular weight excluding hydrogens is 731 g/mol. The fourth-order valence-corrected chi connectivity index (χ4v) is 9.93. The quantitative estimate of drug-likeness (QED) is 0.0837. The Morgan fingerprint density at radius 3 is 1.19 bits per heavy atom. The van der Waals surface area contributed by atoms with Crippen LogP contribution in [0.5, 0.6) is 0 Å². The van der Waals surface area contributed by atoms with E-state index in [-0.39, 0.29) is 11.1 Å². The van der Waals surface area contributed by atoms with E-state index in [1.54, 1.807) is 12.1 Å². The normalized spacial score (nSPS) is 20.4. The SMILES string of the molecule is CCCCCCCC1CCC(c2ccc(C(OC(c3ccc(C4CCC(CCCCCCC)CC4)cc3)c3ccc(C#N)c(F)c3)c3ccc(C#N)c(F)c3)cc2)CC1. The summed E-state index contributed by atoms with van der Waals surface area (Å²) < 4.78 is 37.7. The summed E-state index contributed by atoms with van der Waals surface area (Å²) in [4.78, 5) is 0. The third-order valence-corrected chi connectivity index (χ3v) is 13.7. The Bertz CT molecular complexity index is 1820. The molecule has 0 aromatic heterocycles. The molecule has 4 aromatic rings. The monoisotopic (exact) mass is 797 g/mol. The van der Waals surface area contributed by atoms with E-state index in [9.17, 15) is 10.5 Å². The van der Waals surface area contributed by atoms with Gasteiger partial charge in [0, 0.05) is 0 Å². The summed E-state index contributed by atoms with van der Waals surface area (Å²) >= 11 is 0. The minimum absolute atomic E-state index is 0.0262. The molecule has 0 aliphatic heterocycles. The van der Waals surface area contributed by atoms with Crippen molar-refractivity contribution < 1.29 is 13.5 Å². The smallest absolute Gasteiger partial charge is 0.141 e. The summed E-state index contributed by atoms with van der Waals surface area (Å²) in [6.07, 6.45) is 24.5. The minimum Gasteiger partial charge on any atom is -0.356 e. The molecule has 6 rings (SSSR count). The van der Waals surface area contributed by atoms with Crippen LogP contribution in [0, 0.1) is 46.1 Å². The molecule has 0 bridgehead atoms. The van der Waals surface area contributed by atoms with Crippen LogP contribution in [0.4, 0.5) is 8.78 Å². The van der Waals surface area contributed by atoms with Gasteiger partial charge in [0.15, 0.2) is 0 Å². The summed E-state index contributed by atoms with van der Waals surface area (Å²) in [6, 6.07) is 30.4. The molecule has 2 atom stereocenters. The molecule has 3 nitrogen and oxygen atoms in total. The molecule has 59 heavy (non-hydrogen) atoms. The van der Waals surface area contributed by atoms with Gasteiger partial charge in [-0.05, 0) is 133 Å². The van der Waals surface area contributed by atoms with Crippen molar-refractivity contribution in [3.05, 3.63) is 141 Å². The van der Waals surface area contributed by atoms with E-state index in [4.69, 9.17) is 4.74 Å². The molecular formula is C54H66F2N2O. The Morgan fingerprint density at radius 2 is 0.847 bits per heavy atom. The molecule has 0 saturated heterocycles. The van der Waals surface area contributed by atoms with Crippen LogP contribution in [0.15, 0.2) is 84.9 Å². The number of unbranched alkanes of at least 4 members (excludes halogenated alkanes) is 8. The largest absolute Gasteiger partial charge is 0.356 e. The number of benzene rings is 4. The lowest BCUT2D eigenvalue weighted by Crippen LogP contribution is -2.16. The van der Waals surface area contributed by atoms with Crippen molar-refractivity contribution in [3.8, 4) is 12.1 Å². The molecule has 2 unspecified atom stereocenters. The van der Waals surface area contributed by atoms with E-state index in [2.05, 4.69) is 62.4 Å². The molecule has 2 aliphatic carbocycles. The van der Waals surface area contributed by atoms with Crippen LogP contribution in [-0.4, -0.2) is 0 Å². The fraction of sp³-hybridized carbons (Fsp3) is 0.519. The molecule has 5 heteroatoms. The highest BCUT2D eigenvalue weighted by Crippen LogP contribution is 2.42. The number of halogens is 2. The first kappa shape index (κ1) is 44.2. The van der Waals surface area contributed by atoms with Gasteiger partial charge in [0.25, 0.3) is 0 Å². The fourth-order valence-electron chi connectivity index (χ4n) is 9.93. The number of rotatable bonds is 20. The first-order valence-electron chi connectivity index (χ1n) is 23.1. The lowest BCUT2D eigenvalue weighted by molar-refractivity contribution is 0.0305. The standard InChI is InChI=1S/C54H66F2N2O/c1-3-5-7-9-11-13-39-15-19-41(20-16-39)43-23-27-45(28-24-43)53(47-31-33-49(37-57)51(55)35-47)59-54(48-32-34-50(38-58)52(56)36-48)46-29-25-44(26-30-46)42-21-17-40(18-22-42)14-12-10-8-6-4-2/h23-36,39-42,53-54H,3-22H2,1-2H3. The predicted molar refractivity (Wildman–Crippen MR) is 236 cm³/mol. The van der Waals surface area contributed by atoms with E-state index in [1.807, 2.05) is 12.1 Å². The number of hydrogen-bond donors (Lipinski definition) is 0. The second kappa shape index (κ2) is 22.9. The topological polar surface area (TPSA) is 56.8 Å². The van der Waals surface area contributed by atoms with Gasteiger partial charge in [-0.15, -0.1) is 0 Å². The molecule has 0 spiro atoms. The molecule has 0 radical (unpaired) electrons. The van der Waals surface area contributed by atoms with Gasteiger partial charge in [-0.25, -0.2) is 8.78 Å². The van der Waals surface area contributed by atoms with E-state index >= 15 is 8.78 Å². The van der Waals surface area contributed by atoms with Crippen LogP contribution in [-0.2, 0) is 4.74 Å². The second-order valence-corrected chi connectivity index (χ2v) is 17.8. The zero-order chi connectivity index (χ0) is 41.4. The Kier molecular flexibility index (Phi) is 17.2. The Morgan fingerprint density at radius 1 is 0.492 bits per heavy atom. The van der Waals surface area contributed by atoms with Crippen LogP contribution in [0.1, 0.15) is 211 Å². The van der Waals surface area contributed by atoms with Crippen molar-refractivity contribution >= 4 is 0 Å². The average Bonchev–Trinajstić information content (AvgIpc) is 3.27. The summed E-state index contributed by atoms with van der Waals surface area (Å²) in [6.45, 7) is 4.54. The highest BCUT2D eigenvalue weighted by molar-refractivity contribution is 5.42. The summed E-state index contributed by atoms with van der Waals surface area (Å²) in [5.74, 6) is 1.50. The molecule has 312 valence electrons. The maximum absolute atomic E-state index is 15.3. The zero-order valence-corrected chi connectivity index (χ0v) is 35.7. The number of nitriles is 2. The molecule has 4 aromatic carbocycles.